The molecule has 0 aliphatic carbocycles. The molecule has 4 heteroatoms. The van der Waals surface area contributed by atoms with Crippen LogP contribution in [0.2, 0.25) is 0 Å². The molecule has 0 spiro atoms. The molecular formula is C25H23F3O. The molecule has 0 aliphatic heterocycles. The summed E-state index contributed by atoms with van der Waals surface area (Å²) in [5, 5.41) is 0. The van der Waals surface area contributed by atoms with Gasteiger partial charge < -0.3 is 4.74 Å². The molecule has 0 saturated carbocycles. The van der Waals surface area contributed by atoms with Crippen molar-refractivity contribution < 1.29 is 17.9 Å². The summed E-state index contributed by atoms with van der Waals surface area (Å²) in [7, 11) is 0. The minimum absolute atomic E-state index is 0.0730. The molecule has 0 aromatic heterocycles. The molecule has 0 saturated heterocycles. The van der Waals surface area contributed by atoms with Gasteiger partial charge in [-0.1, -0.05) is 78.9 Å². The van der Waals surface area contributed by atoms with Gasteiger partial charge in [0.25, 0.3) is 0 Å². The average molecular weight is 396 g/mol. The Balaban J connectivity index is 1.69. The molecule has 0 amide bonds. The molecule has 0 heterocycles. The fourth-order valence-electron chi connectivity index (χ4n) is 3.14. The standard InChI is InChI=1S/C25H23F3O/c1-2-29-23-16-14-20(15-17-23)9-8-19-10-12-21(13-11-19)18-24(25(26,27)28)22-6-4-3-5-7-22/h3-17,24H,2,18H2,1H3/t24-/m1/s1. The number of benzene rings is 3. The number of halogens is 3. The van der Waals surface area contributed by atoms with Gasteiger partial charge in [-0.3, -0.25) is 0 Å². The molecule has 1 nitrogen and oxygen atoms in total. The van der Waals surface area contributed by atoms with Gasteiger partial charge in [0.05, 0.1) is 12.5 Å². The fourth-order valence-corrected chi connectivity index (χ4v) is 3.14. The van der Waals surface area contributed by atoms with Crippen LogP contribution in [0.3, 0.4) is 0 Å². The third-order valence-corrected chi connectivity index (χ3v) is 4.68. The number of hydrogen-bond acceptors (Lipinski definition) is 1. The van der Waals surface area contributed by atoms with Crippen LogP contribution in [0.25, 0.3) is 12.2 Å². The Labute approximate surface area is 169 Å². The van der Waals surface area contributed by atoms with Crippen LogP contribution in [0.5, 0.6) is 5.75 Å². The van der Waals surface area contributed by atoms with Crippen molar-refractivity contribution in [3.63, 3.8) is 0 Å². The van der Waals surface area contributed by atoms with Crippen LogP contribution in [0.15, 0.2) is 78.9 Å². The third kappa shape index (κ3) is 5.98. The normalized spacial score (nSPS) is 12.8. The maximum absolute atomic E-state index is 13.5. The minimum Gasteiger partial charge on any atom is -0.494 e. The van der Waals surface area contributed by atoms with Crippen LogP contribution in [-0.4, -0.2) is 12.8 Å². The van der Waals surface area contributed by atoms with E-state index in [0.29, 0.717) is 17.7 Å². The van der Waals surface area contributed by atoms with E-state index < -0.39 is 12.1 Å². The summed E-state index contributed by atoms with van der Waals surface area (Å²) in [6.07, 6.45) is -0.449. The summed E-state index contributed by atoms with van der Waals surface area (Å²) < 4.78 is 46.0. The van der Waals surface area contributed by atoms with Crippen molar-refractivity contribution >= 4 is 12.2 Å². The van der Waals surface area contributed by atoms with Gasteiger partial charge >= 0.3 is 6.18 Å². The van der Waals surface area contributed by atoms with Crippen molar-refractivity contribution in [2.45, 2.75) is 25.4 Å². The lowest BCUT2D eigenvalue weighted by Gasteiger charge is -2.21. The van der Waals surface area contributed by atoms with Gasteiger partial charge in [0.2, 0.25) is 0 Å². The fraction of sp³-hybridized carbons (Fsp3) is 0.200. The Bertz CT molecular complexity index is 911. The smallest absolute Gasteiger partial charge is 0.396 e. The number of ether oxygens (including phenoxy) is 1. The SMILES string of the molecule is CCOc1ccc(C=Cc2ccc(C[C@H](c3ccccc3)C(F)(F)F)cc2)cc1. The van der Waals surface area contributed by atoms with Crippen molar-refractivity contribution in [3.8, 4) is 5.75 Å². The molecule has 150 valence electrons. The zero-order chi connectivity index (χ0) is 20.7. The highest BCUT2D eigenvalue weighted by Gasteiger charge is 2.40. The first-order chi connectivity index (χ1) is 14.0. The number of hydrogen-bond donors (Lipinski definition) is 0. The molecule has 0 aliphatic rings. The van der Waals surface area contributed by atoms with Crippen molar-refractivity contribution in [2.24, 2.45) is 0 Å². The summed E-state index contributed by atoms with van der Waals surface area (Å²) in [5.74, 6) is -0.680. The van der Waals surface area contributed by atoms with E-state index in [1.165, 1.54) is 12.1 Å². The van der Waals surface area contributed by atoms with E-state index in [1.807, 2.05) is 55.5 Å². The zero-order valence-corrected chi connectivity index (χ0v) is 16.2. The lowest BCUT2D eigenvalue weighted by atomic mass is 9.91. The Morgan fingerprint density at radius 3 is 1.86 bits per heavy atom. The van der Waals surface area contributed by atoms with Crippen molar-refractivity contribution in [2.75, 3.05) is 6.61 Å². The molecule has 3 aromatic carbocycles. The molecule has 29 heavy (non-hydrogen) atoms. The van der Waals surface area contributed by atoms with Gasteiger partial charge in [0.1, 0.15) is 5.75 Å². The van der Waals surface area contributed by atoms with Crippen molar-refractivity contribution in [1.82, 2.24) is 0 Å². The van der Waals surface area contributed by atoms with Crippen LogP contribution in [0.1, 0.15) is 35.1 Å². The van der Waals surface area contributed by atoms with Crippen LogP contribution in [-0.2, 0) is 6.42 Å². The first kappa shape index (κ1) is 20.7. The summed E-state index contributed by atoms with van der Waals surface area (Å²) in [5.41, 5.74) is 2.92. The van der Waals surface area contributed by atoms with Crippen molar-refractivity contribution in [3.05, 3.63) is 101 Å². The first-order valence-corrected chi connectivity index (χ1v) is 9.57. The number of rotatable bonds is 7. The van der Waals surface area contributed by atoms with Crippen LogP contribution in [0.4, 0.5) is 13.2 Å². The van der Waals surface area contributed by atoms with Crippen LogP contribution >= 0.6 is 0 Å². The highest BCUT2D eigenvalue weighted by Crippen LogP contribution is 2.37. The average Bonchev–Trinajstić information content (AvgIpc) is 2.72. The van der Waals surface area contributed by atoms with E-state index in [9.17, 15) is 13.2 Å². The molecule has 3 aromatic rings. The molecule has 1 atom stereocenters. The van der Waals surface area contributed by atoms with E-state index in [0.717, 1.165) is 16.9 Å². The quantitative estimate of drug-likeness (QED) is 0.386. The predicted octanol–water partition coefficient (Wildman–Crippen LogP) is 7.14. The Morgan fingerprint density at radius 2 is 1.34 bits per heavy atom. The Morgan fingerprint density at radius 1 is 0.793 bits per heavy atom. The maximum atomic E-state index is 13.5. The summed E-state index contributed by atoms with van der Waals surface area (Å²) in [4.78, 5) is 0. The predicted molar refractivity (Wildman–Crippen MR) is 112 cm³/mol. The van der Waals surface area contributed by atoms with Crippen molar-refractivity contribution in [1.29, 1.82) is 0 Å². The van der Waals surface area contributed by atoms with E-state index >= 15 is 0 Å². The van der Waals surface area contributed by atoms with E-state index in [-0.39, 0.29) is 6.42 Å². The van der Waals surface area contributed by atoms with Gasteiger partial charge in [-0.05, 0) is 47.7 Å². The second kappa shape index (κ2) is 9.46. The van der Waals surface area contributed by atoms with Crippen LogP contribution < -0.4 is 4.74 Å². The summed E-state index contributed by atoms with van der Waals surface area (Å²) >= 11 is 0. The molecular weight excluding hydrogens is 373 g/mol. The minimum atomic E-state index is -4.28. The lowest BCUT2D eigenvalue weighted by molar-refractivity contribution is -0.150. The second-order valence-corrected chi connectivity index (χ2v) is 6.79. The summed E-state index contributed by atoms with van der Waals surface area (Å²) in [6.45, 7) is 2.56. The molecule has 3 rings (SSSR count). The van der Waals surface area contributed by atoms with E-state index in [4.69, 9.17) is 4.74 Å². The molecule has 0 bridgehead atoms. The van der Waals surface area contributed by atoms with E-state index in [2.05, 4.69) is 0 Å². The van der Waals surface area contributed by atoms with Gasteiger partial charge in [0, 0.05) is 0 Å². The Hall–Kier alpha value is -3.01. The lowest BCUT2D eigenvalue weighted by Crippen LogP contribution is -2.22. The molecule has 0 radical (unpaired) electrons. The Kier molecular flexibility index (Phi) is 6.76. The molecule has 0 fully saturated rings. The highest BCUT2D eigenvalue weighted by atomic mass is 19.4. The first-order valence-electron chi connectivity index (χ1n) is 9.57. The van der Waals surface area contributed by atoms with E-state index in [1.54, 1.807) is 30.3 Å². The monoisotopic (exact) mass is 396 g/mol. The zero-order valence-electron chi connectivity index (χ0n) is 16.2. The van der Waals surface area contributed by atoms with Gasteiger partial charge in [-0.25, -0.2) is 0 Å². The topological polar surface area (TPSA) is 9.23 Å². The molecule has 0 N–H and O–H groups in total. The van der Waals surface area contributed by atoms with Crippen LogP contribution in [0, 0.1) is 0 Å². The number of alkyl halides is 3. The largest absolute Gasteiger partial charge is 0.494 e. The molecule has 0 unspecified atom stereocenters. The van der Waals surface area contributed by atoms with Gasteiger partial charge in [-0.15, -0.1) is 0 Å². The summed E-state index contributed by atoms with van der Waals surface area (Å²) in [6, 6.07) is 23.0. The van der Waals surface area contributed by atoms with Gasteiger partial charge in [-0.2, -0.15) is 13.2 Å². The third-order valence-electron chi connectivity index (χ3n) is 4.68. The highest BCUT2D eigenvalue weighted by molar-refractivity contribution is 5.69. The second-order valence-electron chi connectivity index (χ2n) is 6.79. The van der Waals surface area contributed by atoms with Gasteiger partial charge in [0.15, 0.2) is 0 Å². The maximum Gasteiger partial charge on any atom is 0.396 e.